The Kier molecular flexibility index (Phi) is 5.58. The summed E-state index contributed by atoms with van der Waals surface area (Å²) in [4.78, 5) is 2.59. The van der Waals surface area contributed by atoms with Crippen LogP contribution in [0, 0.1) is 17.8 Å². The topological polar surface area (TPSA) is 29.3 Å². The van der Waals surface area contributed by atoms with E-state index in [4.69, 9.17) is 17.3 Å². The molecule has 1 aliphatic heterocycles. The number of nitrogens with two attached hydrogens (primary N) is 1. The maximum absolute atomic E-state index is 6.31. The summed E-state index contributed by atoms with van der Waals surface area (Å²) in [5.74, 6) is 1.78. The molecule has 1 saturated heterocycles. The minimum absolute atomic E-state index is 0.258. The van der Waals surface area contributed by atoms with Gasteiger partial charge in [0.15, 0.2) is 0 Å². The molecule has 4 atom stereocenters. The van der Waals surface area contributed by atoms with Gasteiger partial charge in [-0.1, -0.05) is 54.1 Å². The second-order valence-electron chi connectivity index (χ2n) is 7.04. The SMILES string of the molecule is CC(N)[C@H]1CCN(Cc2ccccc2)C[C@@H]1C1C=CC(Cl)=CC1. The van der Waals surface area contributed by atoms with E-state index < -0.39 is 0 Å². The van der Waals surface area contributed by atoms with Gasteiger partial charge in [0.2, 0.25) is 0 Å². The van der Waals surface area contributed by atoms with Crippen LogP contribution >= 0.6 is 11.6 Å². The number of piperidine rings is 1. The van der Waals surface area contributed by atoms with Crippen molar-refractivity contribution < 1.29 is 0 Å². The Bertz CT molecular complexity index is 564. The van der Waals surface area contributed by atoms with Gasteiger partial charge in [-0.15, -0.1) is 0 Å². The Labute approximate surface area is 145 Å². The fourth-order valence-electron chi connectivity index (χ4n) is 4.09. The molecule has 2 aliphatic rings. The van der Waals surface area contributed by atoms with E-state index in [9.17, 15) is 0 Å². The fraction of sp³-hybridized carbons (Fsp3) is 0.500. The van der Waals surface area contributed by atoms with Gasteiger partial charge in [0.25, 0.3) is 0 Å². The molecular weight excluding hydrogens is 304 g/mol. The molecule has 0 aromatic heterocycles. The molecule has 3 rings (SSSR count). The lowest BCUT2D eigenvalue weighted by atomic mass is 9.72. The van der Waals surface area contributed by atoms with Crippen LogP contribution in [0.5, 0.6) is 0 Å². The van der Waals surface area contributed by atoms with Crippen molar-refractivity contribution in [3.8, 4) is 0 Å². The summed E-state index contributed by atoms with van der Waals surface area (Å²) < 4.78 is 0. The molecule has 2 nitrogen and oxygen atoms in total. The summed E-state index contributed by atoms with van der Waals surface area (Å²) in [5, 5.41) is 0.871. The molecule has 2 N–H and O–H groups in total. The summed E-state index contributed by atoms with van der Waals surface area (Å²) in [6.45, 7) is 5.47. The van der Waals surface area contributed by atoms with Crippen LogP contribution in [0.1, 0.15) is 25.3 Å². The molecule has 1 aromatic rings. The standard InChI is InChI=1S/C20H27ClN2/c1-15(22)19-11-12-23(13-16-5-3-2-4-6-16)14-20(19)17-7-9-18(21)10-8-17/h2-7,9-10,15,17,19-20H,8,11-14,22H2,1H3/t15?,17?,19-,20-/m1/s1. The number of halogens is 1. The normalized spacial score (nSPS) is 30.0. The maximum Gasteiger partial charge on any atom is 0.0363 e. The molecule has 0 radical (unpaired) electrons. The van der Waals surface area contributed by atoms with Crippen LogP contribution in [-0.2, 0) is 6.54 Å². The van der Waals surface area contributed by atoms with Crippen LogP contribution in [0.4, 0.5) is 0 Å². The van der Waals surface area contributed by atoms with Crippen molar-refractivity contribution >= 4 is 11.6 Å². The lowest BCUT2D eigenvalue weighted by Gasteiger charge is -2.43. The van der Waals surface area contributed by atoms with Crippen LogP contribution in [-0.4, -0.2) is 24.0 Å². The van der Waals surface area contributed by atoms with E-state index in [0.717, 1.165) is 31.1 Å². The van der Waals surface area contributed by atoms with Gasteiger partial charge in [-0.05, 0) is 55.7 Å². The minimum Gasteiger partial charge on any atom is -0.328 e. The van der Waals surface area contributed by atoms with Crippen molar-refractivity contribution in [2.24, 2.45) is 23.5 Å². The first-order chi connectivity index (χ1) is 11.1. The predicted molar refractivity (Wildman–Crippen MR) is 98.1 cm³/mol. The van der Waals surface area contributed by atoms with E-state index >= 15 is 0 Å². The first-order valence-corrected chi connectivity index (χ1v) is 9.07. The van der Waals surface area contributed by atoms with Crippen LogP contribution in [0.3, 0.4) is 0 Å². The zero-order valence-corrected chi connectivity index (χ0v) is 14.6. The highest BCUT2D eigenvalue weighted by Gasteiger charge is 2.35. The molecular formula is C20H27ClN2. The van der Waals surface area contributed by atoms with Crippen LogP contribution in [0.25, 0.3) is 0 Å². The molecule has 1 fully saturated rings. The smallest absolute Gasteiger partial charge is 0.0363 e. The summed E-state index contributed by atoms with van der Waals surface area (Å²) in [6, 6.07) is 11.0. The monoisotopic (exact) mass is 330 g/mol. The number of hydrogen-bond donors (Lipinski definition) is 1. The molecule has 1 aliphatic carbocycles. The average molecular weight is 331 g/mol. The van der Waals surface area contributed by atoms with Crippen molar-refractivity contribution in [1.29, 1.82) is 0 Å². The molecule has 2 unspecified atom stereocenters. The van der Waals surface area contributed by atoms with Crippen molar-refractivity contribution in [3.05, 3.63) is 59.2 Å². The summed E-state index contributed by atoms with van der Waals surface area (Å²) in [7, 11) is 0. The van der Waals surface area contributed by atoms with Crippen LogP contribution in [0.15, 0.2) is 53.6 Å². The van der Waals surface area contributed by atoms with Crippen LogP contribution in [0.2, 0.25) is 0 Å². The Balaban J connectivity index is 1.70. The van der Waals surface area contributed by atoms with Crippen molar-refractivity contribution in [2.45, 2.75) is 32.4 Å². The molecule has 0 amide bonds. The summed E-state index contributed by atoms with van der Waals surface area (Å²) in [5.41, 5.74) is 7.70. The highest BCUT2D eigenvalue weighted by atomic mass is 35.5. The van der Waals surface area contributed by atoms with Crippen LogP contribution < -0.4 is 5.73 Å². The Hall–Kier alpha value is -1.09. The van der Waals surface area contributed by atoms with E-state index in [1.807, 2.05) is 0 Å². The third kappa shape index (κ3) is 4.26. The number of nitrogens with zero attached hydrogens (tertiary/aromatic N) is 1. The Morgan fingerprint density at radius 1 is 1.30 bits per heavy atom. The van der Waals surface area contributed by atoms with Gasteiger partial charge in [0.05, 0.1) is 0 Å². The highest BCUT2D eigenvalue weighted by molar-refractivity contribution is 6.31. The van der Waals surface area contributed by atoms with Gasteiger partial charge in [0, 0.05) is 24.2 Å². The second-order valence-corrected chi connectivity index (χ2v) is 7.48. The predicted octanol–water partition coefficient (Wildman–Crippen LogP) is 4.17. The van der Waals surface area contributed by atoms with E-state index in [0.29, 0.717) is 17.8 Å². The lowest BCUT2D eigenvalue weighted by molar-refractivity contribution is 0.0758. The van der Waals surface area contributed by atoms with Gasteiger partial charge in [-0.2, -0.15) is 0 Å². The zero-order chi connectivity index (χ0) is 16.2. The molecule has 3 heteroatoms. The maximum atomic E-state index is 6.31. The fourth-order valence-corrected chi connectivity index (χ4v) is 4.25. The Morgan fingerprint density at radius 2 is 2.09 bits per heavy atom. The first-order valence-electron chi connectivity index (χ1n) is 8.69. The second kappa shape index (κ2) is 7.65. The first kappa shape index (κ1) is 16.8. The Morgan fingerprint density at radius 3 is 2.74 bits per heavy atom. The summed E-state index contributed by atoms with van der Waals surface area (Å²) >= 11 is 6.09. The molecule has 124 valence electrons. The summed E-state index contributed by atoms with van der Waals surface area (Å²) in [6.07, 6.45) is 8.75. The van der Waals surface area contributed by atoms with Crippen molar-refractivity contribution in [3.63, 3.8) is 0 Å². The average Bonchev–Trinajstić information content (AvgIpc) is 2.56. The van der Waals surface area contributed by atoms with Gasteiger partial charge >= 0.3 is 0 Å². The molecule has 0 saturated carbocycles. The van der Waals surface area contributed by atoms with E-state index in [1.54, 1.807) is 0 Å². The zero-order valence-electron chi connectivity index (χ0n) is 13.9. The number of benzene rings is 1. The largest absolute Gasteiger partial charge is 0.328 e. The van der Waals surface area contributed by atoms with Gasteiger partial charge in [-0.3, -0.25) is 4.90 Å². The van der Waals surface area contributed by atoms with Crippen molar-refractivity contribution in [2.75, 3.05) is 13.1 Å². The molecule has 1 aromatic carbocycles. The van der Waals surface area contributed by atoms with Gasteiger partial charge < -0.3 is 5.73 Å². The molecule has 0 bridgehead atoms. The third-order valence-corrected chi connectivity index (χ3v) is 5.64. The number of likely N-dealkylation sites (tertiary alicyclic amines) is 1. The number of allylic oxidation sites excluding steroid dienone is 4. The molecule has 23 heavy (non-hydrogen) atoms. The quantitative estimate of drug-likeness (QED) is 0.897. The number of hydrogen-bond acceptors (Lipinski definition) is 2. The highest BCUT2D eigenvalue weighted by Crippen LogP contribution is 2.36. The number of rotatable bonds is 4. The molecule has 1 heterocycles. The van der Waals surface area contributed by atoms with E-state index in [1.165, 1.54) is 12.0 Å². The third-order valence-electron chi connectivity index (χ3n) is 5.36. The minimum atomic E-state index is 0.258. The van der Waals surface area contributed by atoms with E-state index in [-0.39, 0.29) is 6.04 Å². The molecule has 0 spiro atoms. The lowest BCUT2D eigenvalue weighted by Crippen LogP contribution is -2.48. The van der Waals surface area contributed by atoms with E-state index in [2.05, 4.69) is 60.4 Å². The van der Waals surface area contributed by atoms with Gasteiger partial charge in [0.1, 0.15) is 0 Å². The van der Waals surface area contributed by atoms with Gasteiger partial charge in [-0.25, -0.2) is 0 Å². The van der Waals surface area contributed by atoms with Crippen molar-refractivity contribution in [1.82, 2.24) is 4.90 Å².